The average Bonchev–Trinajstić information content (AvgIpc) is 3.28. The van der Waals surface area contributed by atoms with Gasteiger partial charge in [-0.2, -0.15) is 5.10 Å². The Morgan fingerprint density at radius 2 is 1.66 bits per heavy atom. The van der Waals surface area contributed by atoms with Crippen LogP contribution in [0.2, 0.25) is 0 Å². The molecule has 0 saturated carbocycles. The van der Waals surface area contributed by atoms with E-state index in [2.05, 4.69) is 14.7 Å². The van der Waals surface area contributed by atoms with Crippen LogP contribution >= 0.6 is 0 Å². The fourth-order valence-electron chi connectivity index (χ4n) is 5.02. The maximum Gasteiger partial charge on any atom is 0.161 e. The number of nitrogens with one attached hydrogen (secondary N) is 1. The SMILES string of the molecule is COc1ccc(CN(C)CC(c2ccc3c(cnn3C)c2)[C@](C)(N[S+]([O-])C(C)(C)C)c2cc(F)c(F)cc2F)cc1. The molecular formula is C31H37F3N4O2S. The van der Waals surface area contributed by atoms with E-state index in [-0.39, 0.29) is 5.56 Å². The molecular weight excluding hydrogens is 549 g/mol. The van der Waals surface area contributed by atoms with Gasteiger partial charge in [0.05, 0.1) is 24.4 Å². The summed E-state index contributed by atoms with van der Waals surface area (Å²) in [4.78, 5) is 2.07. The average molecular weight is 587 g/mol. The first kappa shape index (κ1) is 30.9. The molecule has 0 fully saturated rings. The molecule has 0 amide bonds. The van der Waals surface area contributed by atoms with Crippen molar-refractivity contribution in [3.8, 4) is 5.75 Å². The van der Waals surface area contributed by atoms with Crippen molar-refractivity contribution < 1.29 is 22.5 Å². The lowest BCUT2D eigenvalue weighted by Crippen LogP contribution is -2.55. The number of aromatic nitrogens is 2. The molecule has 4 rings (SSSR count). The Balaban J connectivity index is 1.85. The molecule has 3 aromatic carbocycles. The minimum Gasteiger partial charge on any atom is -0.598 e. The van der Waals surface area contributed by atoms with Crippen LogP contribution in [-0.2, 0) is 30.5 Å². The molecule has 0 aliphatic carbocycles. The van der Waals surface area contributed by atoms with Crippen LogP contribution in [0.1, 0.15) is 50.3 Å². The van der Waals surface area contributed by atoms with E-state index in [9.17, 15) is 13.3 Å². The topological polar surface area (TPSA) is 65.4 Å². The Bertz CT molecular complexity index is 1510. The number of likely N-dealkylation sites (N-methyl/N-ethyl adjacent to an activating group) is 1. The lowest BCUT2D eigenvalue weighted by molar-refractivity contribution is 0.231. The highest BCUT2D eigenvalue weighted by atomic mass is 32.2. The number of aryl methyl sites for hydroxylation is 1. The van der Waals surface area contributed by atoms with Crippen LogP contribution < -0.4 is 9.46 Å². The number of methoxy groups -OCH3 is 1. The minimum atomic E-state index is -1.68. The number of halogens is 3. The molecule has 1 N–H and O–H groups in total. The van der Waals surface area contributed by atoms with Crippen molar-refractivity contribution in [3.63, 3.8) is 0 Å². The van der Waals surface area contributed by atoms with Crippen molar-refractivity contribution >= 4 is 22.3 Å². The summed E-state index contributed by atoms with van der Waals surface area (Å²) in [5.41, 5.74) is 1.22. The smallest absolute Gasteiger partial charge is 0.161 e. The summed E-state index contributed by atoms with van der Waals surface area (Å²) in [6.45, 7) is 8.00. The largest absolute Gasteiger partial charge is 0.598 e. The van der Waals surface area contributed by atoms with Crippen molar-refractivity contribution in [3.05, 3.63) is 94.9 Å². The Morgan fingerprint density at radius 3 is 2.29 bits per heavy atom. The van der Waals surface area contributed by atoms with Crippen molar-refractivity contribution in [2.24, 2.45) is 7.05 Å². The summed E-state index contributed by atoms with van der Waals surface area (Å²) in [7, 11) is 5.39. The van der Waals surface area contributed by atoms with Crippen LogP contribution in [0.3, 0.4) is 0 Å². The fourth-order valence-corrected chi connectivity index (χ4v) is 5.96. The second kappa shape index (κ2) is 12.1. The van der Waals surface area contributed by atoms with Gasteiger partial charge in [0.15, 0.2) is 11.6 Å². The van der Waals surface area contributed by atoms with Crippen molar-refractivity contribution in [2.45, 2.75) is 50.4 Å². The minimum absolute atomic E-state index is 0.108. The highest BCUT2D eigenvalue weighted by Gasteiger charge is 2.46. The summed E-state index contributed by atoms with van der Waals surface area (Å²) in [6.07, 6.45) is 1.74. The van der Waals surface area contributed by atoms with Gasteiger partial charge < -0.3 is 14.2 Å². The van der Waals surface area contributed by atoms with E-state index < -0.39 is 45.0 Å². The van der Waals surface area contributed by atoms with Gasteiger partial charge in [0.2, 0.25) is 0 Å². The number of rotatable bonds is 10. The number of ether oxygens (including phenoxy) is 1. The van der Waals surface area contributed by atoms with Crippen molar-refractivity contribution in [2.75, 3.05) is 20.7 Å². The molecule has 0 radical (unpaired) electrons. The van der Waals surface area contributed by atoms with E-state index in [1.165, 1.54) is 0 Å². The predicted molar refractivity (Wildman–Crippen MR) is 157 cm³/mol. The first-order chi connectivity index (χ1) is 19.2. The first-order valence-electron chi connectivity index (χ1n) is 13.3. The Labute approximate surface area is 242 Å². The van der Waals surface area contributed by atoms with Gasteiger partial charge in [-0.15, -0.1) is 4.72 Å². The molecule has 6 nitrogen and oxygen atoms in total. The Hall–Kier alpha value is -3.05. The molecule has 0 aliphatic rings. The molecule has 2 unspecified atom stereocenters. The fraction of sp³-hybridized carbons (Fsp3) is 0.387. The van der Waals surface area contributed by atoms with Gasteiger partial charge >= 0.3 is 0 Å². The van der Waals surface area contributed by atoms with Crippen LogP contribution in [-0.4, -0.2) is 44.7 Å². The highest BCUT2D eigenvalue weighted by molar-refractivity contribution is 7.90. The summed E-state index contributed by atoms with van der Waals surface area (Å²) in [5.74, 6) is -3.19. The van der Waals surface area contributed by atoms with Gasteiger partial charge in [0.25, 0.3) is 0 Å². The predicted octanol–water partition coefficient (Wildman–Crippen LogP) is 6.18. The van der Waals surface area contributed by atoms with Crippen LogP contribution in [0.5, 0.6) is 5.75 Å². The zero-order valence-electron chi connectivity index (χ0n) is 24.5. The Kier molecular flexibility index (Phi) is 9.08. The van der Waals surface area contributed by atoms with Crippen LogP contribution in [0.25, 0.3) is 10.9 Å². The maximum atomic E-state index is 15.6. The number of nitrogens with zero attached hydrogens (tertiary/aromatic N) is 3. The quantitative estimate of drug-likeness (QED) is 0.178. The lowest BCUT2D eigenvalue weighted by Gasteiger charge is -2.42. The first-order valence-corrected chi connectivity index (χ1v) is 14.5. The van der Waals surface area contributed by atoms with Gasteiger partial charge in [0, 0.05) is 54.4 Å². The molecule has 3 atom stereocenters. The third kappa shape index (κ3) is 6.72. The normalized spacial score (nSPS) is 15.2. The van der Waals surface area contributed by atoms with Crippen LogP contribution in [0.4, 0.5) is 13.2 Å². The Morgan fingerprint density at radius 1 is 1.00 bits per heavy atom. The third-order valence-corrected chi connectivity index (χ3v) is 9.13. The number of hydrogen-bond donors (Lipinski definition) is 1. The second-order valence-electron chi connectivity index (χ2n) is 11.6. The van der Waals surface area contributed by atoms with Gasteiger partial charge in [-0.1, -0.05) is 18.2 Å². The number of fused-ring (bicyclic) bond motifs is 1. The monoisotopic (exact) mass is 586 g/mol. The molecule has 0 saturated heterocycles. The van der Waals surface area contributed by atoms with Gasteiger partial charge in [-0.3, -0.25) is 4.68 Å². The summed E-state index contributed by atoms with van der Waals surface area (Å²) >= 11 is -1.68. The molecule has 0 spiro atoms. The van der Waals surface area contributed by atoms with E-state index in [0.717, 1.165) is 33.8 Å². The van der Waals surface area contributed by atoms with Crippen LogP contribution in [0, 0.1) is 17.5 Å². The van der Waals surface area contributed by atoms with E-state index >= 15 is 4.39 Å². The highest BCUT2D eigenvalue weighted by Crippen LogP contribution is 2.42. The third-order valence-electron chi connectivity index (χ3n) is 7.41. The molecule has 1 heterocycles. The summed E-state index contributed by atoms with van der Waals surface area (Å²) in [6, 6.07) is 14.9. The van der Waals surface area contributed by atoms with E-state index in [4.69, 9.17) is 4.74 Å². The number of benzene rings is 3. The zero-order valence-corrected chi connectivity index (χ0v) is 25.3. The molecule has 10 heteroatoms. The van der Waals surface area contributed by atoms with E-state index in [1.807, 2.05) is 56.6 Å². The molecule has 4 aromatic rings. The van der Waals surface area contributed by atoms with E-state index in [0.29, 0.717) is 19.2 Å². The van der Waals surface area contributed by atoms with Crippen LogP contribution in [0.15, 0.2) is 60.8 Å². The second-order valence-corrected chi connectivity index (χ2v) is 13.6. The molecule has 220 valence electrons. The molecule has 0 aliphatic heterocycles. The number of hydrogen-bond acceptors (Lipinski definition) is 5. The van der Waals surface area contributed by atoms with Gasteiger partial charge in [-0.05, 0) is 76.2 Å². The van der Waals surface area contributed by atoms with E-state index in [1.54, 1.807) is 45.7 Å². The molecule has 41 heavy (non-hydrogen) atoms. The lowest BCUT2D eigenvalue weighted by atomic mass is 9.75. The zero-order chi connectivity index (χ0) is 30.1. The standard InChI is InChI=1S/C31H37F3N4O2S/c1-30(2,3)41(39)36-31(4,24-15-27(33)28(34)16-26(24)32)25(21-10-13-29-22(14-21)17-35-38(29)6)19-37(5)18-20-8-11-23(40-7)12-9-20/h8-17,25,36H,18-19H2,1-7H3/t25?,31-,41?/m1/s1. The van der Waals surface area contributed by atoms with Gasteiger partial charge in [-0.25, -0.2) is 13.2 Å². The van der Waals surface area contributed by atoms with Crippen molar-refractivity contribution in [1.29, 1.82) is 0 Å². The van der Waals surface area contributed by atoms with Crippen molar-refractivity contribution in [1.82, 2.24) is 19.4 Å². The maximum absolute atomic E-state index is 15.6. The summed E-state index contributed by atoms with van der Waals surface area (Å²) in [5, 5.41) is 5.22. The molecule has 0 bridgehead atoms. The summed E-state index contributed by atoms with van der Waals surface area (Å²) < 4.78 is 67.4. The molecule has 1 aromatic heterocycles. The van der Waals surface area contributed by atoms with Gasteiger partial charge in [0.1, 0.15) is 16.3 Å².